The molecule has 0 radical (unpaired) electrons. The Bertz CT molecular complexity index is 939. The number of nitrogens with zero attached hydrogens (tertiary/aromatic N) is 1. The number of thiophene rings is 1. The first kappa shape index (κ1) is 22.0. The second-order valence-corrected chi connectivity index (χ2v) is 8.84. The summed E-state index contributed by atoms with van der Waals surface area (Å²) in [4.78, 5) is 5.82. The zero-order valence-corrected chi connectivity index (χ0v) is 16.6. The Labute approximate surface area is 164 Å². The number of hydrogen-bond acceptors (Lipinski definition) is 5. The van der Waals surface area contributed by atoms with Crippen molar-refractivity contribution in [2.45, 2.75) is 25.1 Å². The molecule has 0 saturated carbocycles. The second-order valence-electron chi connectivity index (χ2n) is 5.64. The van der Waals surface area contributed by atoms with Crippen molar-refractivity contribution in [3.05, 3.63) is 40.1 Å². The molecule has 7 nitrogen and oxygen atoms in total. The number of alkyl halides is 3. The zero-order valence-electron chi connectivity index (χ0n) is 15.0. The summed E-state index contributed by atoms with van der Waals surface area (Å²) in [6.07, 6.45) is -4.76. The molecule has 0 fully saturated rings. The van der Waals surface area contributed by atoms with Gasteiger partial charge in [-0.15, -0.1) is 24.5 Å². The molecule has 1 aromatic carbocycles. The normalized spacial score (nSPS) is 12.8. The van der Waals surface area contributed by atoms with Crippen molar-refractivity contribution in [1.29, 1.82) is 0 Å². The summed E-state index contributed by atoms with van der Waals surface area (Å²) < 4.78 is 67.0. The maximum absolute atomic E-state index is 12.2. The highest BCUT2D eigenvalue weighted by Gasteiger charge is 2.30. The largest absolute Gasteiger partial charge is 0.573 e. The van der Waals surface area contributed by atoms with E-state index in [1.807, 2.05) is 6.92 Å². The standard InChI is InChI=1S/C16H19F3N4O3S2/c1-10-9-14(11(2)27-10)28(24,25)22-8-7-21-15(20)23-12-3-5-13(6-4-12)26-16(17,18)19/h3-6,9,22H,7-8H2,1-2H3,(H3,20,21,23). The molecule has 2 rings (SSSR count). The summed E-state index contributed by atoms with van der Waals surface area (Å²) in [5, 5.41) is 2.69. The Morgan fingerprint density at radius 3 is 2.43 bits per heavy atom. The van der Waals surface area contributed by atoms with Crippen LogP contribution in [0.3, 0.4) is 0 Å². The number of benzene rings is 1. The number of sulfonamides is 1. The van der Waals surface area contributed by atoms with E-state index in [1.165, 1.54) is 23.5 Å². The molecule has 0 aliphatic carbocycles. The Morgan fingerprint density at radius 2 is 1.89 bits per heavy atom. The molecular weight excluding hydrogens is 417 g/mol. The van der Waals surface area contributed by atoms with Gasteiger partial charge in [0.2, 0.25) is 10.0 Å². The maximum atomic E-state index is 12.2. The number of hydrogen-bond donors (Lipinski definition) is 3. The molecule has 0 aliphatic heterocycles. The molecule has 28 heavy (non-hydrogen) atoms. The van der Waals surface area contributed by atoms with Crippen LogP contribution in [0.2, 0.25) is 0 Å². The van der Waals surface area contributed by atoms with Crippen LogP contribution in [0.1, 0.15) is 9.75 Å². The molecule has 2 aromatic rings. The number of aliphatic imine (C=N–C) groups is 1. The van der Waals surface area contributed by atoms with Gasteiger partial charge >= 0.3 is 6.36 Å². The maximum Gasteiger partial charge on any atom is 0.573 e. The first-order chi connectivity index (χ1) is 13.0. The minimum Gasteiger partial charge on any atom is -0.406 e. The Kier molecular flexibility index (Phi) is 6.91. The van der Waals surface area contributed by atoms with Crippen LogP contribution in [-0.4, -0.2) is 33.8 Å². The SMILES string of the molecule is Cc1cc(S(=O)(=O)NCCN=C(N)Nc2ccc(OC(F)(F)F)cc2)c(C)s1. The van der Waals surface area contributed by atoms with Crippen LogP contribution in [0.4, 0.5) is 18.9 Å². The molecule has 1 aromatic heterocycles. The fraction of sp³-hybridized carbons (Fsp3) is 0.312. The van der Waals surface area contributed by atoms with Crippen molar-refractivity contribution in [3.8, 4) is 5.75 Å². The van der Waals surface area contributed by atoms with E-state index in [0.717, 1.165) is 17.0 Å². The Balaban J connectivity index is 1.85. The minimum absolute atomic E-state index is 0.00811. The topological polar surface area (TPSA) is 106 Å². The van der Waals surface area contributed by atoms with Crippen LogP contribution in [0.5, 0.6) is 5.75 Å². The summed E-state index contributed by atoms with van der Waals surface area (Å²) in [6.45, 7) is 3.68. The summed E-state index contributed by atoms with van der Waals surface area (Å²) in [5.74, 6) is -0.367. The molecule has 0 amide bonds. The fourth-order valence-corrected chi connectivity index (χ4v) is 4.81. The van der Waals surface area contributed by atoms with Gasteiger partial charge in [-0.3, -0.25) is 4.99 Å². The quantitative estimate of drug-likeness (QED) is 0.352. The highest BCUT2D eigenvalue weighted by molar-refractivity contribution is 7.89. The molecule has 154 valence electrons. The van der Waals surface area contributed by atoms with E-state index < -0.39 is 16.4 Å². The lowest BCUT2D eigenvalue weighted by atomic mass is 10.3. The summed E-state index contributed by atoms with van der Waals surface area (Å²) >= 11 is 1.40. The van der Waals surface area contributed by atoms with Gasteiger partial charge in [0, 0.05) is 22.0 Å². The van der Waals surface area contributed by atoms with E-state index in [-0.39, 0.29) is 29.7 Å². The number of aryl methyl sites for hydroxylation is 2. The highest BCUT2D eigenvalue weighted by atomic mass is 32.2. The third-order valence-corrected chi connectivity index (χ3v) is 6.01. The summed E-state index contributed by atoms with van der Waals surface area (Å²) in [7, 11) is -3.62. The highest BCUT2D eigenvalue weighted by Crippen LogP contribution is 2.25. The first-order valence-electron chi connectivity index (χ1n) is 7.96. The molecule has 0 spiro atoms. The average Bonchev–Trinajstić information content (AvgIpc) is 2.91. The van der Waals surface area contributed by atoms with Crippen molar-refractivity contribution < 1.29 is 26.3 Å². The molecule has 0 atom stereocenters. The van der Waals surface area contributed by atoms with Crippen molar-refractivity contribution in [2.24, 2.45) is 10.7 Å². The van der Waals surface area contributed by atoms with Gasteiger partial charge in [0.05, 0.1) is 11.4 Å². The lowest BCUT2D eigenvalue weighted by Gasteiger charge is -2.10. The van der Waals surface area contributed by atoms with Gasteiger partial charge in [0.25, 0.3) is 0 Å². The fourth-order valence-electron chi connectivity index (χ4n) is 2.24. The average molecular weight is 436 g/mol. The van der Waals surface area contributed by atoms with Gasteiger partial charge in [0.15, 0.2) is 5.96 Å². The second kappa shape index (κ2) is 8.80. The number of guanidine groups is 1. The van der Waals surface area contributed by atoms with E-state index in [1.54, 1.807) is 13.0 Å². The van der Waals surface area contributed by atoms with Crippen LogP contribution in [0.25, 0.3) is 0 Å². The Morgan fingerprint density at radius 1 is 1.25 bits per heavy atom. The summed E-state index contributed by atoms with van der Waals surface area (Å²) in [5.41, 5.74) is 6.09. The van der Waals surface area contributed by atoms with E-state index in [2.05, 4.69) is 19.8 Å². The minimum atomic E-state index is -4.76. The lowest BCUT2D eigenvalue weighted by Crippen LogP contribution is -2.28. The van der Waals surface area contributed by atoms with Crippen molar-refractivity contribution in [1.82, 2.24) is 4.72 Å². The smallest absolute Gasteiger partial charge is 0.406 e. The summed E-state index contributed by atoms with van der Waals surface area (Å²) in [6, 6.07) is 6.54. The molecule has 1 heterocycles. The van der Waals surface area contributed by atoms with Crippen LogP contribution >= 0.6 is 11.3 Å². The third-order valence-electron chi connectivity index (χ3n) is 3.33. The number of rotatable bonds is 7. The van der Waals surface area contributed by atoms with Crippen LogP contribution in [0, 0.1) is 13.8 Å². The van der Waals surface area contributed by atoms with Crippen molar-refractivity contribution in [3.63, 3.8) is 0 Å². The van der Waals surface area contributed by atoms with Crippen LogP contribution in [0.15, 0.2) is 40.2 Å². The molecule has 0 saturated heterocycles. The predicted octanol–water partition coefficient (Wildman–Crippen LogP) is 2.97. The molecule has 4 N–H and O–H groups in total. The number of nitrogens with two attached hydrogens (primary N) is 1. The monoisotopic (exact) mass is 436 g/mol. The van der Waals surface area contributed by atoms with Gasteiger partial charge in [0.1, 0.15) is 5.75 Å². The van der Waals surface area contributed by atoms with Gasteiger partial charge in [-0.2, -0.15) is 0 Å². The molecule has 0 unspecified atom stereocenters. The molecular formula is C16H19F3N4O3S2. The van der Waals surface area contributed by atoms with Gasteiger partial charge in [-0.25, -0.2) is 13.1 Å². The van der Waals surface area contributed by atoms with Gasteiger partial charge < -0.3 is 15.8 Å². The van der Waals surface area contributed by atoms with Gasteiger partial charge in [-0.05, 0) is 44.2 Å². The number of anilines is 1. The Hall–Kier alpha value is -2.31. The van der Waals surface area contributed by atoms with Gasteiger partial charge in [-0.1, -0.05) is 0 Å². The molecule has 0 bridgehead atoms. The molecule has 0 aliphatic rings. The van der Waals surface area contributed by atoms with E-state index in [4.69, 9.17) is 5.73 Å². The third kappa shape index (κ3) is 6.69. The zero-order chi connectivity index (χ0) is 20.9. The lowest BCUT2D eigenvalue weighted by molar-refractivity contribution is -0.274. The van der Waals surface area contributed by atoms with Crippen molar-refractivity contribution >= 4 is 33.0 Å². The predicted molar refractivity (Wildman–Crippen MR) is 102 cm³/mol. The number of ether oxygens (including phenoxy) is 1. The first-order valence-corrected chi connectivity index (χ1v) is 10.3. The van der Waals surface area contributed by atoms with Crippen molar-refractivity contribution in [2.75, 3.05) is 18.4 Å². The van der Waals surface area contributed by atoms with Crippen LogP contribution < -0.4 is 20.5 Å². The van der Waals surface area contributed by atoms with E-state index >= 15 is 0 Å². The number of nitrogens with one attached hydrogen (secondary N) is 2. The number of halogens is 3. The van der Waals surface area contributed by atoms with Crippen LogP contribution in [-0.2, 0) is 10.0 Å². The molecule has 12 heteroatoms. The van der Waals surface area contributed by atoms with E-state index in [0.29, 0.717) is 10.6 Å². The van der Waals surface area contributed by atoms with E-state index in [9.17, 15) is 21.6 Å².